The summed E-state index contributed by atoms with van der Waals surface area (Å²) >= 11 is -0.996. The van der Waals surface area contributed by atoms with Gasteiger partial charge < -0.3 is 0 Å². The molecule has 0 amide bonds. The number of ether oxygens (including phenoxy) is 3. The molecule has 20 heavy (non-hydrogen) atoms. The molecule has 3 rings (SSSR count). The Morgan fingerprint density at radius 2 is 1.90 bits per heavy atom. The predicted octanol–water partition coefficient (Wildman–Crippen LogP) is 1.53. The van der Waals surface area contributed by atoms with Crippen LogP contribution in [0.15, 0.2) is 30.3 Å². The molecule has 3 nitrogen and oxygen atoms in total. The Labute approximate surface area is 122 Å². The molecule has 0 unspecified atom stereocenters. The van der Waals surface area contributed by atoms with Crippen LogP contribution in [0.4, 0.5) is 8.78 Å². The molecule has 0 radical (unpaired) electrons. The molecule has 6 heteroatoms. The quantitative estimate of drug-likeness (QED) is 0.775. The molecule has 1 aromatic rings. The Morgan fingerprint density at radius 1 is 1.20 bits per heavy atom. The molecule has 2 aliphatic heterocycles. The van der Waals surface area contributed by atoms with E-state index in [1.807, 2.05) is 6.07 Å². The maximum atomic E-state index is 14.5. The topological polar surface area (TPSA) is 27.7 Å². The minimum atomic E-state index is -2.92. The molecule has 0 N–H and O–H groups in total. The first-order valence-electron chi connectivity index (χ1n) is 6.46. The Morgan fingerprint density at radius 3 is 2.60 bits per heavy atom. The van der Waals surface area contributed by atoms with Crippen molar-refractivity contribution in [3.05, 3.63) is 30.3 Å². The van der Waals surface area contributed by atoms with Gasteiger partial charge >= 0.3 is 122 Å². The molecule has 0 bridgehead atoms. The van der Waals surface area contributed by atoms with Gasteiger partial charge in [-0.05, 0) is 0 Å². The van der Waals surface area contributed by atoms with E-state index >= 15 is 0 Å². The van der Waals surface area contributed by atoms with Crippen molar-refractivity contribution in [3.8, 4) is 0 Å². The van der Waals surface area contributed by atoms with E-state index < -0.39 is 43.9 Å². The molecule has 3 atom stereocenters. The summed E-state index contributed by atoms with van der Waals surface area (Å²) in [5.41, 5.74) is 0. The molecule has 2 heterocycles. The van der Waals surface area contributed by atoms with Gasteiger partial charge in [0.1, 0.15) is 0 Å². The third-order valence-electron chi connectivity index (χ3n) is 3.29. The van der Waals surface area contributed by atoms with Gasteiger partial charge in [0.2, 0.25) is 0 Å². The first kappa shape index (κ1) is 14.4. The molecular formula is C14H16F2O3Se. The second-order valence-corrected chi connectivity index (χ2v) is 7.93. The number of hydrogen-bond acceptors (Lipinski definition) is 3. The van der Waals surface area contributed by atoms with Crippen molar-refractivity contribution in [2.75, 3.05) is 6.61 Å². The van der Waals surface area contributed by atoms with Gasteiger partial charge in [-0.2, -0.15) is 0 Å². The normalized spacial score (nSPS) is 32.3. The van der Waals surface area contributed by atoms with E-state index in [-0.39, 0.29) is 6.61 Å². The van der Waals surface area contributed by atoms with Gasteiger partial charge in [0.05, 0.1) is 0 Å². The maximum absolute atomic E-state index is 14.5. The van der Waals surface area contributed by atoms with Crippen LogP contribution in [-0.4, -0.2) is 50.5 Å². The minimum absolute atomic E-state index is 0.166. The van der Waals surface area contributed by atoms with E-state index in [4.69, 9.17) is 14.2 Å². The number of halogens is 2. The van der Waals surface area contributed by atoms with E-state index in [9.17, 15) is 8.78 Å². The Bertz CT molecular complexity index is 481. The predicted molar refractivity (Wildman–Crippen MR) is 70.3 cm³/mol. The third-order valence-corrected chi connectivity index (χ3v) is 5.41. The van der Waals surface area contributed by atoms with Crippen molar-refractivity contribution in [1.82, 2.24) is 0 Å². The van der Waals surface area contributed by atoms with Crippen LogP contribution in [0.3, 0.4) is 0 Å². The summed E-state index contributed by atoms with van der Waals surface area (Å²) in [5.74, 6) is -0.812. The van der Waals surface area contributed by atoms with E-state index in [1.54, 1.807) is 38.1 Å². The fourth-order valence-electron chi connectivity index (χ4n) is 2.53. The monoisotopic (exact) mass is 350 g/mol. The molecule has 1 aromatic carbocycles. The van der Waals surface area contributed by atoms with Gasteiger partial charge in [-0.3, -0.25) is 0 Å². The van der Waals surface area contributed by atoms with Crippen LogP contribution in [0.1, 0.15) is 13.8 Å². The van der Waals surface area contributed by atoms with Crippen LogP contribution in [0.25, 0.3) is 0 Å². The number of fused-ring (bicyclic) bond motifs is 1. The number of hydrogen-bond donors (Lipinski definition) is 0. The van der Waals surface area contributed by atoms with Crippen LogP contribution < -0.4 is 4.46 Å². The number of alkyl halides is 2. The molecule has 110 valence electrons. The summed E-state index contributed by atoms with van der Waals surface area (Å²) in [5, 5.41) is 0. The summed E-state index contributed by atoms with van der Waals surface area (Å²) in [6, 6.07) is 8.79. The number of rotatable bonds is 3. The SMILES string of the molecule is CC1(C)O[C@@H]2[C@@H](CO[C@@H]2C(F)(F)[Se]c2ccccc2)O1. The molecule has 0 aromatic heterocycles. The Kier molecular flexibility index (Phi) is 3.63. The van der Waals surface area contributed by atoms with Crippen molar-refractivity contribution in [2.45, 2.75) is 42.8 Å². The first-order valence-corrected chi connectivity index (χ1v) is 8.18. The Balaban J connectivity index is 1.75. The average molecular weight is 349 g/mol. The molecule has 2 fully saturated rings. The van der Waals surface area contributed by atoms with E-state index in [0.717, 1.165) is 0 Å². The second kappa shape index (κ2) is 5.04. The molecule has 0 aliphatic carbocycles. The van der Waals surface area contributed by atoms with Crippen LogP contribution in [-0.2, 0) is 14.2 Å². The zero-order valence-corrected chi connectivity index (χ0v) is 12.9. The average Bonchev–Trinajstić information content (AvgIpc) is 2.84. The molecule has 2 aliphatic rings. The molecule has 0 saturated carbocycles. The van der Waals surface area contributed by atoms with Gasteiger partial charge in [0.15, 0.2) is 0 Å². The molecule has 0 spiro atoms. The van der Waals surface area contributed by atoms with Crippen molar-refractivity contribution in [1.29, 1.82) is 0 Å². The van der Waals surface area contributed by atoms with Gasteiger partial charge in [0.25, 0.3) is 0 Å². The van der Waals surface area contributed by atoms with Gasteiger partial charge in [-0.15, -0.1) is 0 Å². The van der Waals surface area contributed by atoms with Crippen LogP contribution >= 0.6 is 0 Å². The van der Waals surface area contributed by atoms with Crippen molar-refractivity contribution >= 4 is 19.4 Å². The second-order valence-electron chi connectivity index (χ2n) is 5.37. The van der Waals surface area contributed by atoms with Crippen molar-refractivity contribution < 1.29 is 23.0 Å². The summed E-state index contributed by atoms with van der Waals surface area (Å²) in [6.07, 6.45) is -2.31. The first-order chi connectivity index (χ1) is 9.37. The van der Waals surface area contributed by atoms with Gasteiger partial charge in [-0.25, -0.2) is 0 Å². The van der Waals surface area contributed by atoms with Crippen LogP contribution in [0, 0.1) is 0 Å². The van der Waals surface area contributed by atoms with E-state index in [2.05, 4.69) is 0 Å². The summed E-state index contributed by atoms with van der Waals surface area (Å²) < 4.78 is 46.0. The molecule has 2 saturated heterocycles. The third kappa shape index (κ3) is 2.76. The zero-order chi connectivity index (χ0) is 14.4. The van der Waals surface area contributed by atoms with Crippen molar-refractivity contribution in [2.24, 2.45) is 0 Å². The summed E-state index contributed by atoms with van der Waals surface area (Å²) in [6.45, 7) is 3.64. The van der Waals surface area contributed by atoms with Crippen LogP contribution in [0.2, 0.25) is 0 Å². The van der Waals surface area contributed by atoms with Gasteiger partial charge in [-0.1, -0.05) is 0 Å². The summed E-state index contributed by atoms with van der Waals surface area (Å²) in [4.78, 5) is -2.92. The fraction of sp³-hybridized carbons (Fsp3) is 0.571. The zero-order valence-electron chi connectivity index (χ0n) is 11.2. The van der Waals surface area contributed by atoms with E-state index in [0.29, 0.717) is 4.46 Å². The van der Waals surface area contributed by atoms with Gasteiger partial charge in [0, 0.05) is 0 Å². The van der Waals surface area contributed by atoms with E-state index in [1.165, 1.54) is 0 Å². The number of benzene rings is 1. The molecular weight excluding hydrogens is 333 g/mol. The standard InChI is InChI=1S/C14H16F2O3Se/c1-13(2)18-10-8-17-12(11(10)19-13)14(15,16)20-9-6-4-3-5-7-9/h3-7,10-12H,8H2,1-2H3/t10-,11-,12+/m1/s1. The fourth-order valence-corrected chi connectivity index (χ4v) is 4.48. The van der Waals surface area contributed by atoms with Crippen LogP contribution in [0.5, 0.6) is 0 Å². The van der Waals surface area contributed by atoms with Crippen molar-refractivity contribution in [3.63, 3.8) is 0 Å². The summed E-state index contributed by atoms with van der Waals surface area (Å²) in [7, 11) is 0. The Hall–Kier alpha value is -0.521.